The summed E-state index contributed by atoms with van der Waals surface area (Å²) in [6, 6.07) is 6.35. The Morgan fingerprint density at radius 2 is 2.15 bits per heavy atom. The van der Waals surface area contributed by atoms with Crippen molar-refractivity contribution in [2.75, 3.05) is 7.05 Å². The Bertz CT molecular complexity index is 714. The van der Waals surface area contributed by atoms with E-state index in [1.807, 2.05) is 0 Å². The zero-order chi connectivity index (χ0) is 14.3. The van der Waals surface area contributed by atoms with Crippen LogP contribution < -0.4 is 0 Å². The standard InChI is InChI=1S/C15H13FN2O2/c1-18-13(19)8-10(15(18)20)7-9-4-5-12(16)11-3-2-6-17-14(9)11/h2-6,10H,7-8H2,1H3. The lowest BCUT2D eigenvalue weighted by Crippen LogP contribution is -2.26. The van der Waals surface area contributed by atoms with Crippen LogP contribution in [0.4, 0.5) is 4.39 Å². The monoisotopic (exact) mass is 272 g/mol. The smallest absolute Gasteiger partial charge is 0.232 e. The summed E-state index contributed by atoms with van der Waals surface area (Å²) >= 11 is 0. The number of carbonyl (C=O) groups excluding carboxylic acids is 2. The van der Waals surface area contributed by atoms with Crippen LogP contribution in [-0.2, 0) is 16.0 Å². The van der Waals surface area contributed by atoms with E-state index >= 15 is 0 Å². The molecule has 3 rings (SSSR count). The highest BCUT2D eigenvalue weighted by molar-refractivity contribution is 6.03. The highest BCUT2D eigenvalue weighted by Gasteiger charge is 2.36. The molecule has 4 nitrogen and oxygen atoms in total. The van der Waals surface area contributed by atoms with Gasteiger partial charge in [0.25, 0.3) is 0 Å². The highest BCUT2D eigenvalue weighted by atomic mass is 19.1. The average molecular weight is 272 g/mol. The second-order valence-electron chi connectivity index (χ2n) is 5.00. The van der Waals surface area contributed by atoms with E-state index in [9.17, 15) is 14.0 Å². The van der Waals surface area contributed by atoms with Gasteiger partial charge in [-0.3, -0.25) is 19.5 Å². The van der Waals surface area contributed by atoms with Gasteiger partial charge in [0, 0.05) is 25.1 Å². The van der Waals surface area contributed by atoms with E-state index < -0.39 is 0 Å². The van der Waals surface area contributed by atoms with Gasteiger partial charge in [0.15, 0.2) is 0 Å². The molecule has 1 saturated heterocycles. The second-order valence-corrected chi connectivity index (χ2v) is 5.00. The molecule has 1 aromatic heterocycles. The molecule has 2 aromatic rings. The summed E-state index contributed by atoms with van der Waals surface area (Å²) in [7, 11) is 1.49. The van der Waals surface area contributed by atoms with Crippen LogP contribution in [0.1, 0.15) is 12.0 Å². The van der Waals surface area contributed by atoms with Crippen molar-refractivity contribution >= 4 is 22.7 Å². The molecule has 1 aromatic carbocycles. The molecule has 1 aliphatic rings. The third-order valence-electron chi connectivity index (χ3n) is 3.74. The van der Waals surface area contributed by atoms with Crippen molar-refractivity contribution in [1.29, 1.82) is 0 Å². The van der Waals surface area contributed by atoms with Gasteiger partial charge in [-0.2, -0.15) is 0 Å². The van der Waals surface area contributed by atoms with Crippen molar-refractivity contribution < 1.29 is 14.0 Å². The van der Waals surface area contributed by atoms with Gasteiger partial charge in [-0.05, 0) is 30.2 Å². The van der Waals surface area contributed by atoms with Gasteiger partial charge in [-0.15, -0.1) is 0 Å². The van der Waals surface area contributed by atoms with Crippen LogP contribution in [0.3, 0.4) is 0 Å². The maximum atomic E-state index is 13.7. The molecule has 1 atom stereocenters. The predicted octanol–water partition coefficient (Wildman–Crippen LogP) is 1.92. The zero-order valence-corrected chi connectivity index (χ0v) is 11.0. The molecule has 20 heavy (non-hydrogen) atoms. The molecule has 0 N–H and O–H groups in total. The minimum absolute atomic E-state index is 0.167. The molecule has 0 bridgehead atoms. The van der Waals surface area contributed by atoms with Crippen LogP contribution in [0.25, 0.3) is 10.9 Å². The van der Waals surface area contributed by atoms with Gasteiger partial charge in [0.2, 0.25) is 11.8 Å². The molecule has 1 unspecified atom stereocenters. The third kappa shape index (κ3) is 1.95. The van der Waals surface area contributed by atoms with Gasteiger partial charge in [0.1, 0.15) is 5.82 Å². The highest BCUT2D eigenvalue weighted by Crippen LogP contribution is 2.26. The van der Waals surface area contributed by atoms with Crippen LogP contribution in [0.2, 0.25) is 0 Å². The van der Waals surface area contributed by atoms with Gasteiger partial charge in [-0.25, -0.2) is 4.39 Å². The predicted molar refractivity (Wildman–Crippen MR) is 71.3 cm³/mol. The topological polar surface area (TPSA) is 50.3 Å². The van der Waals surface area contributed by atoms with Crippen molar-refractivity contribution in [3.8, 4) is 0 Å². The summed E-state index contributed by atoms with van der Waals surface area (Å²) in [5, 5.41) is 0.440. The van der Waals surface area contributed by atoms with E-state index in [2.05, 4.69) is 4.98 Å². The zero-order valence-electron chi connectivity index (χ0n) is 11.0. The minimum atomic E-state index is -0.372. The Labute approximate surface area is 115 Å². The number of amides is 2. The second kappa shape index (κ2) is 4.67. The van der Waals surface area contributed by atoms with Crippen molar-refractivity contribution in [3.05, 3.63) is 41.8 Å². The van der Waals surface area contributed by atoms with Crippen molar-refractivity contribution in [2.24, 2.45) is 5.92 Å². The number of hydrogen-bond acceptors (Lipinski definition) is 3. The van der Waals surface area contributed by atoms with E-state index in [1.54, 1.807) is 24.4 Å². The van der Waals surface area contributed by atoms with Crippen LogP contribution >= 0.6 is 0 Å². The molecule has 2 amide bonds. The van der Waals surface area contributed by atoms with Gasteiger partial charge in [-0.1, -0.05) is 6.07 Å². The van der Waals surface area contributed by atoms with E-state index in [1.165, 1.54) is 13.1 Å². The fourth-order valence-electron chi connectivity index (χ4n) is 2.62. The van der Waals surface area contributed by atoms with Crippen LogP contribution in [0.15, 0.2) is 30.5 Å². The summed E-state index contributed by atoms with van der Waals surface area (Å²) in [5.41, 5.74) is 1.35. The van der Waals surface area contributed by atoms with Crippen LogP contribution in [-0.4, -0.2) is 28.7 Å². The lowest BCUT2D eigenvalue weighted by molar-refractivity contribution is -0.137. The fraction of sp³-hybridized carbons (Fsp3) is 0.267. The number of imide groups is 1. The lowest BCUT2D eigenvalue weighted by Gasteiger charge is -2.11. The van der Waals surface area contributed by atoms with Crippen molar-refractivity contribution in [1.82, 2.24) is 9.88 Å². The number of fused-ring (bicyclic) bond motifs is 1. The molecule has 1 aliphatic heterocycles. The Morgan fingerprint density at radius 3 is 2.85 bits per heavy atom. The number of benzene rings is 1. The van der Waals surface area contributed by atoms with E-state index in [0.29, 0.717) is 17.3 Å². The molecular formula is C15H13FN2O2. The summed E-state index contributed by atoms with van der Waals surface area (Å²) in [6.45, 7) is 0. The van der Waals surface area contributed by atoms with Crippen molar-refractivity contribution in [2.45, 2.75) is 12.8 Å². The molecule has 0 aliphatic carbocycles. The number of likely N-dealkylation sites (tertiary alicyclic amines) is 1. The number of nitrogens with zero attached hydrogens (tertiary/aromatic N) is 2. The van der Waals surface area contributed by atoms with E-state index in [-0.39, 0.29) is 30.0 Å². The number of hydrogen-bond donors (Lipinski definition) is 0. The molecule has 0 spiro atoms. The van der Waals surface area contributed by atoms with Crippen LogP contribution in [0.5, 0.6) is 0 Å². The molecule has 5 heteroatoms. The van der Waals surface area contributed by atoms with E-state index in [4.69, 9.17) is 0 Å². The largest absolute Gasteiger partial charge is 0.285 e. The fourth-order valence-corrected chi connectivity index (χ4v) is 2.62. The molecule has 0 radical (unpaired) electrons. The van der Waals surface area contributed by atoms with Gasteiger partial charge < -0.3 is 0 Å². The molecule has 102 valence electrons. The normalized spacial score (nSPS) is 19.1. The van der Waals surface area contributed by atoms with Gasteiger partial charge in [0.05, 0.1) is 11.4 Å². The number of pyridine rings is 1. The summed E-state index contributed by atoms with van der Waals surface area (Å²) in [6.07, 6.45) is 2.21. The molecule has 0 saturated carbocycles. The van der Waals surface area contributed by atoms with Crippen LogP contribution in [0, 0.1) is 11.7 Å². The number of rotatable bonds is 2. The first-order chi connectivity index (χ1) is 9.58. The quantitative estimate of drug-likeness (QED) is 0.785. The first-order valence-electron chi connectivity index (χ1n) is 6.40. The maximum absolute atomic E-state index is 13.7. The van der Waals surface area contributed by atoms with Crippen molar-refractivity contribution in [3.63, 3.8) is 0 Å². The molecular weight excluding hydrogens is 259 g/mol. The first kappa shape index (κ1) is 12.7. The van der Waals surface area contributed by atoms with Gasteiger partial charge >= 0.3 is 0 Å². The Balaban J connectivity index is 1.98. The SMILES string of the molecule is CN1C(=O)CC(Cc2ccc(F)c3cccnc23)C1=O. The summed E-state index contributed by atoms with van der Waals surface area (Å²) in [4.78, 5) is 28.8. The lowest BCUT2D eigenvalue weighted by atomic mass is 9.96. The average Bonchev–Trinajstić information content (AvgIpc) is 2.70. The Morgan fingerprint density at radius 1 is 1.35 bits per heavy atom. The minimum Gasteiger partial charge on any atom is -0.285 e. The first-order valence-corrected chi connectivity index (χ1v) is 6.40. The molecule has 2 heterocycles. The number of halogens is 1. The third-order valence-corrected chi connectivity index (χ3v) is 3.74. The number of carbonyl (C=O) groups is 2. The summed E-state index contributed by atoms with van der Waals surface area (Å²) in [5.74, 6) is -1.05. The molecule has 1 fully saturated rings. The maximum Gasteiger partial charge on any atom is 0.232 e. The summed E-state index contributed by atoms with van der Waals surface area (Å²) < 4.78 is 13.7. The number of aromatic nitrogens is 1. The Hall–Kier alpha value is -2.30. The Kier molecular flexibility index (Phi) is 2.97. The van der Waals surface area contributed by atoms with E-state index in [0.717, 1.165) is 10.5 Å².